The van der Waals surface area contributed by atoms with Crippen LogP contribution < -0.4 is 0 Å². The van der Waals surface area contributed by atoms with Crippen LogP contribution in [0.15, 0.2) is 55.0 Å². The molecule has 1 saturated heterocycles. The molecule has 9 nitrogen and oxygen atoms in total. The molecule has 5 rings (SSSR count). The number of nitrogens with zero attached hydrogens (tertiary/aromatic N) is 7. The Hall–Kier alpha value is -3.85. The second kappa shape index (κ2) is 10.0. The molecule has 1 aliphatic heterocycles. The Morgan fingerprint density at radius 3 is 2.61 bits per heavy atom. The average Bonchev–Trinajstić information content (AvgIpc) is 3.49. The molecule has 0 spiro atoms. The highest BCUT2D eigenvalue weighted by molar-refractivity contribution is 5.96. The lowest BCUT2D eigenvalue weighted by atomic mass is 10.0. The first kappa shape index (κ1) is 23.9. The molecule has 186 valence electrons. The third-order valence-corrected chi connectivity index (χ3v) is 6.86. The van der Waals surface area contributed by atoms with E-state index in [4.69, 9.17) is 0 Å². The van der Waals surface area contributed by atoms with E-state index < -0.39 is 0 Å². The summed E-state index contributed by atoms with van der Waals surface area (Å²) in [5.74, 6) is 0.0405. The van der Waals surface area contributed by atoms with E-state index >= 15 is 0 Å². The first-order chi connectivity index (χ1) is 17.4. The number of carbonyl (C=O) groups excluding carboxylic acids is 2. The fourth-order valence-corrected chi connectivity index (χ4v) is 4.77. The maximum atomic E-state index is 13.0. The molecule has 0 aliphatic carbocycles. The highest BCUT2D eigenvalue weighted by atomic mass is 16.2. The standard InChI is InChI=1S/C27H31N7O2/c1-31(2)22-9-11-33(12-10-22)27(36)18-34-17-20-13-19(7-8-24(20)30-34)14-26(35)25-6-4-5-23(29-25)21-15-28-32(3)16-21/h4-8,13,15-17,22H,9-12,14,18H2,1-3H3. The maximum absolute atomic E-state index is 13.0. The van der Waals surface area contributed by atoms with E-state index in [9.17, 15) is 9.59 Å². The highest BCUT2D eigenvalue weighted by Crippen LogP contribution is 2.20. The Balaban J connectivity index is 1.24. The van der Waals surface area contributed by atoms with Gasteiger partial charge in [-0.25, -0.2) is 4.98 Å². The van der Waals surface area contributed by atoms with Gasteiger partial charge in [-0.2, -0.15) is 10.2 Å². The molecule has 0 radical (unpaired) electrons. The number of benzene rings is 1. The Bertz CT molecular complexity index is 1400. The van der Waals surface area contributed by atoms with Gasteiger partial charge in [-0.1, -0.05) is 12.1 Å². The van der Waals surface area contributed by atoms with Gasteiger partial charge in [-0.15, -0.1) is 0 Å². The number of aromatic nitrogens is 5. The minimum Gasteiger partial charge on any atom is -0.341 e. The largest absolute Gasteiger partial charge is 0.341 e. The van der Waals surface area contributed by atoms with Crippen LogP contribution in [0.5, 0.6) is 0 Å². The number of carbonyl (C=O) groups is 2. The fourth-order valence-electron chi connectivity index (χ4n) is 4.77. The monoisotopic (exact) mass is 485 g/mol. The molecule has 36 heavy (non-hydrogen) atoms. The summed E-state index contributed by atoms with van der Waals surface area (Å²) in [6.45, 7) is 1.79. The minimum absolute atomic E-state index is 0.0520. The molecule has 0 unspecified atom stereocenters. The summed E-state index contributed by atoms with van der Waals surface area (Å²) in [7, 11) is 6.03. The summed E-state index contributed by atoms with van der Waals surface area (Å²) in [5, 5.41) is 9.66. The van der Waals surface area contributed by atoms with Crippen LogP contribution in [0.4, 0.5) is 0 Å². The van der Waals surface area contributed by atoms with Crippen molar-refractivity contribution in [3.63, 3.8) is 0 Å². The van der Waals surface area contributed by atoms with Crippen molar-refractivity contribution in [1.82, 2.24) is 34.3 Å². The number of amides is 1. The molecule has 3 aromatic heterocycles. The average molecular weight is 486 g/mol. The number of hydrogen-bond donors (Lipinski definition) is 0. The van der Waals surface area contributed by atoms with Gasteiger partial charge in [0.15, 0.2) is 5.78 Å². The number of fused-ring (bicyclic) bond motifs is 1. The zero-order valence-electron chi connectivity index (χ0n) is 21.0. The summed E-state index contributed by atoms with van der Waals surface area (Å²) in [4.78, 5) is 34.5. The normalized spacial score (nSPS) is 14.6. The second-order valence-electron chi connectivity index (χ2n) is 9.71. The van der Waals surface area contributed by atoms with Crippen LogP contribution in [0.1, 0.15) is 28.9 Å². The van der Waals surface area contributed by atoms with Crippen LogP contribution in [-0.2, 0) is 24.8 Å². The molecule has 1 aromatic carbocycles. The summed E-state index contributed by atoms with van der Waals surface area (Å²) in [6, 6.07) is 11.8. The molecular formula is C27H31N7O2. The molecule has 0 bridgehead atoms. The lowest BCUT2D eigenvalue weighted by Crippen LogP contribution is -2.45. The van der Waals surface area contributed by atoms with Crippen molar-refractivity contribution in [2.24, 2.45) is 7.05 Å². The summed E-state index contributed by atoms with van der Waals surface area (Å²) in [6.07, 6.45) is 7.73. The number of piperidine rings is 1. The summed E-state index contributed by atoms with van der Waals surface area (Å²) < 4.78 is 3.41. The number of rotatable bonds is 7. The Morgan fingerprint density at radius 1 is 1.08 bits per heavy atom. The molecule has 4 aromatic rings. The van der Waals surface area contributed by atoms with E-state index in [2.05, 4.69) is 34.2 Å². The summed E-state index contributed by atoms with van der Waals surface area (Å²) >= 11 is 0. The van der Waals surface area contributed by atoms with Crippen LogP contribution >= 0.6 is 0 Å². The lowest BCUT2D eigenvalue weighted by Gasteiger charge is -2.35. The molecule has 0 saturated carbocycles. The van der Waals surface area contributed by atoms with E-state index in [0.717, 1.165) is 53.7 Å². The summed E-state index contributed by atoms with van der Waals surface area (Å²) in [5.41, 5.74) is 3.72. The number of hydrogen-bond acceptors (Lipinski definition) is 6. The Labute approximate surface area is 210 Å². The third-order valence-electron chi connectivity index (χ3n) is 6.86. The Morgan fingerprint density at radius 2 is 1.89 bits per heavy atom. The number of likely N-dealkylation sites (tertiary alicyclic amines) is 1. The van der Waals surface area contributed by atoms with E-state index in [1.807, 2.05) is 54.7 Å². The number of pyridine rings is 1. The van der Waals surface area contributed by atoms with Crippen LogP contribution in [0.25, 0.3) is 22.2 Å². The maximum Gasteiger partial charge on any atom is 0.244 e. The van der Waals surface area contributed by atoms with Gasteiger partial charge >= 0.3 is 0 Å². The SMILES string of the molecule is CN(C)C1CCN(C(=O)Cn2cc3cc(CC(=O)c4cccc(-c5cnn(C)c5)n4)ccc3n2)CC1. The zero-order chi connectivity index (χ0) is 25.2. The number of ketones is 1. The van der Waals surface area contributed by atoms with Crippen molar-refractivity contribution in [1.29, 1.82) is 0 Å². The third kappa shape index (κ3) is 5.21. The predicted octanol–water partition coefficient (Wildman–Crippen LogP) is 2.81. The quantitative estimate of drug-likeness (QED) is 0.374. The molecule has 4 heterocycles. The molecule has 9 heteroatoms. The van der Waals surface area contributed by atoms with Gasteiger partial charge in [0.1, 0.15) is 12.2 Å². The van der Waals surface area contributed by atoms with Crippen molar-refractivity contribution in [3.8, 4) is 11.3 Å². The first-order valence-electron chi connectivity index (χ1n) is 12.3. The molecule has 0 atom stereocenters. The smallest absolute Gasteiger partial charge is 0.244 e. The van der Waals surface area contributed by atoms with Crippen molar-refractivity contribution in [2.45, 2.75) is 31.8 Å². The second-order valence-corrected chi connectivity index (χ2v) is 9.71. The fraction of sp³-hybridized carbons (Fsp3) is 0.370. The van der Waals surface area contributed by atoms with Gasteiger partial charge in [0.2, 0.25) is 5.91 Å². The molecule has 0 N–H and O–H groups in total. The van der Waals surface area contributed by atoms with Gasteiger partial charge in [0, 0.05) is 55.9 Å². The van der Waals surface area contributed by atoms with Crippen molar-refractivity contribution >= 4 is 22.6 Å². The van der Waals surface area contributed by atoms with Crippen LogP contribution in [0, 0.1) is 0 Å². The van der Waals surface area contributed by atoms with Gasteiger partial charge < -0.3 is 9.80 Å². The predicted molar refractivity (Wildman–Crippen MR) is 137 cm³/mol. The van der Waals surface area contributed by atoms with E-state index in [0.29, 0.717) is 11.7 Å². The van der Waals surface area contributed by atoms with Gasteiger partial charge in [0.05, 0.1) is 17.4 Å². The van der Waals surface area contributed by atoms with E-state index in [1.54, 1.807) is 21.6 Å². The highest BCUT2D eigenvalue weighted by Gasteiger charge is 2.24. The first-order valence-corrected chi connectivity index (χ1v) is 12.3. The topological polar surface area (TPSA) is 89.1 Å². The minimum atomic E-state index is -0.0520. The van der Waals surface area contributed by atoms with Gasteiger partial charge in [-0.3, -0.25) is 19.0 Å². The zero-order valence-corrected chi connectivity index (χ0v) is 21.0. The molecular weight excluding hydrogens is 454 g/mol. The van der Waals surface area contributed by atoms with Crippen LogP contribution in [0.3, 0.4) is 0 Å². The van der Waals surface area contributed by atoms with Gasteiger partial charge in [0.25, 0.3) is 0 Å². The van der Waals surface area contributed by atoms with Crippen LogP contribution in [0.2, 0.25) is 0 Å². The molecule has 1 amide bonds. The van der Waals surface area contributed by atoms with Crippen molar-refractivity contribution in [3.05, 3.63) is 66.2 Å². The van der Waals surface area contributed by atoms with Crippen LogP contribution in [-0.4, -0.2) is 79.3 Å². The number of Topliss-reactive ketones (excluding diaryl/α,β-unsaturated/α-hetero) is 1. The molecule has 1 aliphatic rings. The van der Waals surface area contributed by atoms with E-state index in [1.165, 1.54) is 0 Å². The Kier molecular flexibility index (Phi) is 6.65. The van der Waals surface area contributed by atoms with Crippen molar-refractivity contribution in [2.75, 3.05) is 27.2 Å². The lowest BCUT2D eigenvalue weighted by molar-refractivity contribution is -0.133. The van der Waals surface area contributed by atoms with Crippen molar-refractivity contribution < 1.29 is 9.59 Å². The van der Waals surface area contributed by atoms with Gasteiger partial charge in [-0.05, 0) is 56.8 Å². The number of aryl methyl sites for hydroxylation is 1. The molecule has 1 fully saturated rings. The van der Waals surface area contributed by atoms with E-state index in [-0.39, 0.29) is 24.7 Å².